The highest BCUT2D eigenvalue weighted by Crippen LogP contribution is 2.59. The van der Waals surface area contributed by atoms with E-state index >= 15 is 0 Å². The average molecular weight is 1710 g/mol. The second kappa shape index (κ2) is 53.6. The van der Waals surface area contributed by atoms with E-state index in [2.05, 4.69) is 173 Å². The summed E-state index contributed by atoms with van der Waals surface area (Å²) in [6.45, 7) is 9.23. The quantitative estimate of drug-likeness (QED) is 0.0355. The number of unbranched alkanes of at least 4 members (excludes halogenated alkanes) is 52. The van der Waals surface area contributed by atoms with Gasteiger partial charge in [0.1, 0.15) is 35.4 Å². The van der Waals surface area contributed by atoms with Crippen LogP contribution in [0.5, 0.6) is 0 Å². The van der Waals surface area contributed by atoms with Gasteiger partial charge in [0.2, 0.25) is 0 Å². The van der Waals surface area contributed by atoms with Gasteiger partial charge < -0.3 is 0 Å². The van der Waals surface area contributed by atoms with Crippen LogP contribution in [0.2, 0.25) is 0 Å². The highest BCUT2D eigenvalue weighted by Gasteiger charge is 2.50. The van der Waals surface area contributed by atoms with Crippen LogP contribution in [0.15, 0.2) is 121 Å². The van der Waals surface area contributed by atoms with Gasteiger partial charge in [-0.1, -0.05) is 459 Å². The molecule has 8 heteroatoms. The Morgan fingerprint density at radius 3 is 0.615 bits per heavy atom. The highest BCUT2D eigenvalue weighted by molar-refractivity contribution is 7.27. The van der Waals surface area contributed by atoms with E-state index < -0.39 is 10.8 Å². The maximum Gasteiger partial charge on any atom is 0.146 e. The highest BCUT2D eigenvalue weighted by atomic mass is 32.1. The number of hydrogen-bond donors (Lipinski definition) is 0. The maximum atomic E-state index is 10.6. The van der Waals surface area contributed by atoms with E-state index in [9.17, 15) is 21.0 Å². The number of aryl methyl sites for hydroxylation is 4. The summed E-state index contributed by atoms with van der Waals surface area (Å²) in [4.78, 5) is 0. The lowest BCUT2D eigenvalue weighted by atomic mass is 9.65. The fourth-order valence-corrected chi connectivity index (χ4v) is 26.0. The van der Waals surface area contributed by atoms with E-state index in [0.717, 1.165) is 53.5 Å². The first kappa shape index (κ1) is 95.8. The molecule has 11 rings (SSSR count). The maximum absolute atomic E-state index is 10.6. The largest absolute Gasteiger partial charge is 0.192 e. The van der Waals surface area contributed by atoms with Crippen molar-refractivity contribution in [1.29, 1.82) is 21.0 Å². The second-order valence-corrected chi connectivity index (χ2v) is 41.2. The number of nitriles is 4. The van der Waals surface area contributed by atoms with Crippen molar-refractivity contribution in [2.75, 3.05) is 0 Å². The molecule has 4 nitrogen and oxygen atoms in total. The van der Waals surface area contributed by atoms with Gasteiger partial charge in [-0.25, -0.2) is 0 Å². The van der Waals surface area contributed by atoms with E-state index in [1.165, 1.54) is 446 Å². The molecule has 0 amide bonds. The van der Waals surface area contributed by atoms with Crippen molar-refractivity contribution < 1.29 is 0 Å². The fourth-order valence-electron chi connectivity index (χ4n) is 20.5. The molecule has 5 aromatic carbocycles. The van der Waals surface area contributed by atoms with Gasteiger partial charge >= 0.3 is 0 Å². The zero-order chi connectivity index (χ0) is 85.1. The molecule has 0 radical (unpaired) electrons. The minimum atomic E-state index is -0.777. The van der Waals surface area contributed by atoms with Gasteiger partial charge in [-0.2, -0.15) is 21.0 Å². The minimum absolute atomic E-state index is 0.163. The van der Waals surface area contributed by atoms with Crippen LogP contribution in [0.25, 0.3) is 29.9 Å². The third-order valence-electron chi connectivity index (χ3n) is 27.7. The van der Waals surface area contributed by atoms with Crippen LogP contribution in [-0.4, -0.2) is 0 Å². The summed E-state index contributed by atoms with van der Waals surface area (Å²) in [5.74, 6) is 0. The summed E-state index contributed by atoms with van der Waals surface area (Å²) in [6.07, 6.45) is 79.8. The molecule has 4 aromatic heterocycles. The second-order valence-electron chi connectivity index (χ2n) is 37.0. The van der Waals surface area contributed by atoms with Crippen molar-refractivity contribution in [3.63, 3.8) is 0 Å². The van der Waals surface area contributed by atoms with Crippen molar-refractivity contribution in [2.24, 2.45) is 0 Å². The number of rotatable bonds is 64. The molecular weight excluding hydrogens is 1550 g/mol. The van der Waals surface area contributed by atoms with Crippen LogP contribution < -0.4 is 9.06 Å². The van der Waals surface area contributed by atoms with E-state index in [-0.39, 0.29) is 11.1 Å². The monoisotopic (exact) mass is 1710 g/mol. The molecule has 2 aliphatic carbocycles. The molecular formula is C114H152N4S4. The molecule has 0 aliphatic heterocycles. The van der Waals surface area contributed by atoms with Gasteiger partial charge in [0.15, 0.2) is 0 Å². The lowest BCUT2D eigenvalue weighted by Gasteiger charge is -2.36. The molecule has 2 aliphatic rings. The minimum Gasteiger partial charge on any atom is -0.192 e. The van der Waals surface area contributed by atoms with Gasteiger partial charge in [-0.3, -0.25) is 0 Å². The van der Waals surface area contributed by atoms with Crippen LogP contribution in [0.4, 0.5) is 0 Å². The fraction of sp³-hybridized carbons (Fsp3) is 0.579. The molecule has 0 N–H and O–H groups in total. The summed E-state index contributed by atoms with van der Waals surface area (Å²) >= 11 is 6.93. The number of fused-ring (bicyclic) bond motifs is 8. The van der Waals surface area contributed by atoms with Gasteiger partial charge in [-0.15, -0.1) is 45.3 Å². The van der Waals surface area contributed by atoms with Crippen molar-refractivity contribution >= 4 is 75.3 Å². The number of benzene rings is 5. The average Bonchev–Trinajstić information content (AvgIpc) is 1.49. The van der Waals surface area contributed by atoms with E-state index in [1.807, 2.05) is 22.7 Å². The van der Waals surface area contributed by atoms with E-state index in [4.69, 9.17) is 0 Å². The predicted molar refractivity (Wildman–Crippen MR) is 530 cm³/mol. The Morgan fingerprint density at radius 2 is 0.426 bits per heavy atom. The zero-order valence-electron chi connectivity index (χ0n) is 76.4. The topological polar surface area (TPSA) is 95.2 Å². The lowest BCUT2D eigenvalue weighted by Crippen LogP contribution is -2.31. The third-order valence-corrected chi connectivity index (χ3v) is 32.6. The smallest absolute Gasteiger partial charge is 0.146 e. The van der Waals surface area contributed by atoms with Gasteiger partial charge in [0, 0.05) is 29.6 Å². The number of nitrogens with zero attached hydrogens (tertiary/aromatic N) is 4. The summed E-state index contributed by atoms with van der Waals surface area (Å²) in [6, 6.07) is 58.2. The standard InChI is InChI=1S/C114H152N4S4/c1-5-9-13-17-21-25-29-33-37-41-45-49-53-57-61-89-65-73-95(74-66-89)113(96-75-67-90(68-76-96)62-58-54-50-46-42-38-34-30-26-22-18-14-10-6-2)101-81-100-102(82-99(101)109-107(113)111-105(121-109)83-103(119-111)93(85-115)86-116)114(108-110(100)122-106-84-104(120-112(106)108)94(87-117)88-118,97-77-69-91(70-78-97)63-59-55-51-47-43-39-35-31-27-23-19-15-11-7-3)98-79-71-92(72-80-98)64-60-56-52-48-44-40-36-32-28-24-20-16-12-8-4/h65-84H,5-64H2,1-4H3. The number of thiophene rings is 4. The molecule has 0 unspecified atom stereocenters. The Kier molecular flexibility index (Phi) is 42.0. The normalized spacial score (nSPS) is 12.9. The molecule has 0 bridgehead atoms. The van der Waals surface area contributed by atoms with Gasteiger partial charge in [0.05, 0.1) is 29.3 Å². The SMILES string of the molecule is CCCCCCCCCCCCCCCCc1ccc(C2(c3ccc(CCCCCCCCCCCCCCCC)cc3)c3cc4c(cc3=c3sc5cc(=C(C#N)C#N)sc5c32)C(c2ccc(CCCCCCCCCCCCCCCC)cc2)(c2ccc(CCCCCCCCCCCCCCCC)cc2)c2c=4sc3cc(=C(C#N)C#N)sc23)cc1. The zero-order valence-corrected chi connectivity index (χ0v) is 79.7. The van der Waals surface area contributed by atoms with Crippen molar-refractivity contribution in [1.82, 2.24) is 0 Å². The van der Waals surface area contributed by atoms with E-state index in [1.54, 1.807) is 22.7 Å². The van der Waals surface area contributed by atoms with Gasteiger partial charge in [0.25, 0.3) is 0 Å². The molecule has 9 aromatic rings. The molecule has 0 fully saturated rings. The van der Waals surface area contributed by atoms with E-state index in [0.29, 0.717) is 0 Å². The summed E-state index contributed by atoms with van der Waals surface area (Å²) < 4.78 is 8.50. The van der Waals surface area contributed by atoms with Crippen LogP contribution in [-0.2, 0) is 36.5 Å². The van der Waals surface area contributed by atoms with Crippen LogP contribution in [0.1, 0.15) is 454 Å². The van der Waals surface area contributed by atoms with Crippen LogP contribution >= 0.6 is 45.3 Å². The molecule has 652 valence electrons. The Balaban J connectivity index is 0.966. The molecule has 122 heavy (non-hydrogen) atoms. The molecule has 0 spiro atoms. The Morgan fingerprint density at radius 1 is 0.238 bits per heavy atom. The number of hydrogen-bond acceptors (Lipinski definition) is 8. The first-order chi connectivity index (χ1) is 60.3. The van der Waals surface area contributed by atoms with Crippen molar-refractivity contribution in [3.05, 3.63) is 217 Å². The Bertz CT molecular complexity index is 4590. The Labute approximate surface area is 755 Å². The summed E-state index contributed by atoms with van der Waals surface area (Å²) in [5, 5.41) is 44.9. The molecule has 4 heterocycles. The van der Waals surface area contributed by atoms with Crippen molar-refractivity contribution in [2.45, 2.75) is 424 Å². The Hall–Kier alpha value is -6.88. The van der Waals surface area contributed by atoms with Crippen LogP contribution in [0, 0.1) is 64.8 Å². The van der Waals surface area contributed by atoms with Crippen LogP contribution in [0.3, 0.4) is 0 Å². The summed E-state index contributed by atoms with van der Waals surface area (Å²) in [7, 11) is 0. The first-order valence-corrected chi connectivity index (χ1v) is 53.6. The summed E-state index contributed by atoms with van der Waals surface area (Å²) in [5.41, 5.74) is 14.3. The predicted octanol–water partition coefficient (Wildman–Crippen LogP) is 34.7. The lowest BCUT2D eigenvalue weighted by molar-refractivity contribution is 0.535. The van der Waals surface area contributed by atoms with Crippen molar-refractivity contribution in [3.8, 4) is 24.3 Å². The molecule has 0 saturated carbocycles. The van der Waals surface area contributed by atoms with Gasteiger partial charge in [-0.05, 0) is 142 Å². The molecule has 0 atom stereocenters. The molecule has 0 saturated heterocycles. The first-order valence-electron chi connectivity index (χ1n) is 50.4. The third kappa shape index (κ3) is 26.2.